The Balaban J connectivity index is 1.81. The fraction of sp³-hybridized carbons (Fsp3) is 0.692. The van der Waals surface area contributed by atoms with Crippen LogP contribution in [0.4, 0.5) is 0 Å². The number of hydrogen-bond acceptors (Lipinski definition) is 4. The molecule has 1 aromatic heterocycles. The summed E-state index contributed by atoms with van der Waals surface area (Å²) in [4.78, 5) is 16.1. The molecule has 7 nitrogen and oxygen atoms in total. The molecule has 1 unspecified atom stereocenters. The van der Waals surface area contributed by atoms with Crippen molar-refractivity contribution in [3.63, 3.8) is 0 Å². The molecule has 118 valence electrons. The zero-order valence-corrected chi connectivity index (χ0v) is 13.1. The molecule has 1 amide bonds. The number of carbonyl (C=O) groups is 1. The van der Waals surface area contributed by atoms with Crippen LogP contribution in [0.25, 0.3) is 0 Å². The zero-order valence-electron chi connectivity index (χ0n) is 12.2. The lowest BCUT2D eigenvalue weighted by Gasteiger charge is -2.32. The van der Waals surface area contributed by atoms with Gasteiger partial charge in [0.1, 0.15) is 6.04 Å². The summed E-state index contributed by atoms with van der Waals surface area (Å²) in [5.74, 6) is -0.189. The van der Waals surface area contributed by atoms with Crippen LogP contribution in [0.15, 0.2) is 18.7 Å². The maximum Gasteiger partial charge on any atom is 0.238 e. The molecule has 1 saturated heterocycles. The summed E-state index contributed by atoms with van der Waals surface area (Å²) in [6.07, 6.45) is 9.57. The van der Waals surface area contributed by atoms with Crippen molar-refractivity contribution >= 4 is 15.9 Å². The van der Waals surface area contributed by atoms with Crippen LogP contribution in [-0.4, -0.2) is 53.6 Å². The predicted molar refractivity (Wildman–Crippen MR) is 79.0 cm³/mol. The van der Waals surface area contributed by atoms with Crippen molar-refractivity contribution in [2.24, 2.45) is 0 Å². The minimum Gasteiger partial charge on any atom is -0.355 e. The van der Waals surface area contributed by atoms with E-state index in [1.54, 1.807) is 12.5 Å². The van der Waals surface area contributed by atoms with Gasteiger partial charge in [-0.2, -0.15) is 4.31 Å². The molecule has 1 atom stereocenters. The second kappa shape index (κ2) is 7.04. The quantitative estimate of drug-likeness (QED) is 0.760. The number of nitrogens with zero attached hydrogens (tertiary/aromatic N) is 3. The molecule has 8 heteroatoms. The third-order valence-electron chi connectivity index (χ3n) is 3.63. The van der Waals surface area contributed by atoms with E-state index in [1.807, 2.05) is 10.8 Å². The SMILES string of the molecule is CS(=O)(=O)N1CCCCC1C(=O)NCCCn1ccnc1. The van der Waals surface area contributed by atoms with Crippen molar-refractivity contribution in [2.75, 3.05) is 19.3 Å². The lowest BCUT2D eigenvalue weighted by Crippen LogP contribution is -2.51. The van der Waals surface area contributed by atoms with Gasteiger partial charge in [0.25, 0.3) is 0 Å². The molecule has 1 aromatic rings. The summed E-state index contributed by atoms with van der Waals surface area (Å²) in [6.45, 7) is 1.75. The highest BCUT2D eigenvalue weighted by Gasteiger charge is 2.34. The summed E-state index contributed by atoms with van der Waals surface area (Å²) in [7, 11) is -3.33. The van der Waals surface area contributed by atoms with Crippen molar-refractivity contribution < 1.29 is 13.2 Å². The molecule has 2 heterocycles. The number of piperidine rings is 1. The summed E-state index contributed by atoms with van der Waals surface area (Å²) >= 11 is 0. The number of aryl methyl sites for hydroxylation is 1. The molecule has 0 aromatic carbocycles. The Bertz CT molecular complexity index is 556. The molecule has 1 fully saturated rings. The zero-order chi connectivity index (χ0) is 15.3. The van der Waals surface area contributed by atoms with Crippen molar-refractivity contribution in [1.82, 2.24) is 19.2 Å². The summed E-state index contributed by atoms with van der Waals surface area (Å²) < 4.78 is 26.7. The summed E-state index contributed by atoms with van der Waals surface area (Å²) in [6, 6.07) is -0.554. The molecular formula is C13H22N4O3S. The van der Waals surface area contributed by atoms with Crippen LogP contribution in [0, 0.1) is 0 Å². The fourth-order valence-corrected chi connectivity index (χ4v) is 3.70. The van der Waals surface area contributed by atoms with Crippen LogP contribution in [0.1, 0.15) is 25.7 Å². The number of aromatic nitrogens is 2. The van der Waals surface area contributed by atoms with E-state index in [0.717, 1.165) is 32.1 Å². The molecule has 0 radical (unpaired) electrons. The Morgan fingerprint density at radius 3 is 2.90 bits per heavy atom. The first-order chi connectivity index (χ1) is 9.98. The molecule has 0 bridgehead atoms. The van der Waals surface area contributed by atoms with E-state index in [2.05, 4.69) is 10.3 Å². The van der Waals surface area contributed by atoms with E-state index in [1.165, 1.54) is 4.31 Å². The van der Waals surface area contributed by atoms with Crippen LogP contribution in [0.5, 0.6) is 0 Å². The van der Waals surface area contributed by atoms with Crippen molar-refractivity contribution in [3.05, 3.63) is 18.7 Å². The Labute approximate surface area is 125 Å². The topological polar surface area (TPSA) is 84.3 Å². The lowest BCUT2D eigenvalue weighted by atomic mass is 10.0. The maximum atomic E-state index is 12.2. The largest absolute Gasteiger partial charge is 0.355 e. The number of imidazole rings is 1. The molecule has 1 N–H and O–H groups in total. The third kappa shape index (κ3) is 4.53. The van der Waals surface area contributed by atoms with Gasteiger partial charge in [0, 0.05) is 32.0 Å². The van der Waals surface area contributed by atoms with E-state index >= 15 is 0 Å². The number of amides is 1. The molecular weight excluding hydrogens is 292 g/mol. The van der Waals surface area contributed by atoms with Gasteiger partial charge in [-0.25, -0.2) is 13.4 Å². The minimum absolute atomic E-state index is 0.189. The number of carbonyl (C=O) groups excluding carboxylic acids is 1. The summed E-state index contributed by atoms with van der Waals surface area (Å²) in [5.41, 5.74) is 0. The number of nitrogens with one attached hydrogen (secondary N) is 1. The van der Waals surface area contributed by atoms with Gasteiger partial charge in [0.2, 0.25) is 15.9 Å². The summed E-state index contributed by atoms with van der Waals surface area (Å²) in [5, 5.41) is 2.84. The van der Waals surface area contributed by atoms with E-state index in [0.29, 0.717) is 19.5 Å². The van der Waals surface area contributed by atoms with E-state index in [9.17, 15) is 13.2 Å². The highest BCUT2D eigenvalue weighted by atomic mass is 32.2. The second-order valence-corrected chi connectivity index (χ2v) is 7.27. The monoisotopic (exact) mass is 314 g/mol. The molecule has 0 aliphatic carbocycles. The molecule has 1 aliphatic rings. The normalized spacial score (nSPS) is 20.3. The highest BCUT2D eigenvalue weighted by molar-refractivity contribution is 7.88. The Hall–Kier alpha value is -1.41. The first kappa shape index (κ1) is 16.0. The van der Waals surface area contributed by atoms with Gasteiger partial charge in [-0.05, 0) is 19.3 Å². The van der Waals surface area contributed by atoms with Crippen LogP contribution in [0.2, 0.25) is 0 Å². The van der Waals surface area contributed by atoms with Crippen LogP contribution in [0.3, 0.4) is 0 Å². The fourth-order valence-electron chi connectivity index (χ4n) is 2.57. The molecule has 21 heavy (non-hydrogen) atoms. The number of sulfonamides is 1. The Morgan fingerprint density at radius 2 is 2.24 bits per heavy atom. The Kier molecular flexibility index (Phi) is 5.35. The van der Waals surface area contributed by atoms with Crippen LogP contribution >= 0.6 is 0 Å². The standard InChI is InChI=1S/C13H22N4O3S/c1-21(19,20)17-9-3-2-5-12(17)13(18)15-6-4-8-16-10-7-14-11-16/h7,10-12H,2-6,8-9H2,1H3,(H,15,18). The minimum atomic E-state index is -3.33. The van der Waals surface area contributed by atoms with Gasteiger partial charge >= 0.3 is 0 Å². The first-order valence-corrected chi connectivity index (χ1v) is 9.03. The van der Waals surface area contributed by atoms with Crippen molar-refractivity contribution in [3.8, 4) is 0 Å². The van der Waals surface area contributed by atoms with Crippen molar-refractivity contribution in [2.45, 2.75) is 38.3 Å². The van der Waals surface area contributed by atoms with Gasteiger partial charge in [-0.15, -0.1) is 0 Å². The second-order valence-electron chi connectivity index (χ2n) is 5.33. The first-order valence-electron chi connectivity index (χ1n) is 7.19. The van der Waals surface area contributed by atoms with Gasteiger partial charge < -0.3 is 9.88 Å². The van der Waals surface area contributed by atoms with Crippen molar-refractivity contribution in [1.29, 1.82) is 0 Å². The molecule has 1 aliphatic heterocycles. The number of rotatable bonds is 6. The lowest BCUT2D eigenvalue weighted by molar-refractivity contribution is -0.125. The number of hydrogen-bond donors (Lipinski definition) is 1. The van der Waals surface area contributed by atoms with E-state index < -0.39 is 16.1 Å². The van der Waals surface area contributed by atoms with Gasteiger partial charge in [-0.1, -0.05) is 6.42 Å². The van der Waals surface area contributed by atoms with Crippen LogP contribution in [-0.2, 0) is 21.4 Å². The van der Waals surface area contributed by atoms with Gasteiger partial charge in [0.15, 0.2) is 0 Å². The van der Waals surface area contributed by atoms with E-state index in [-0.39, 0.29) is 5.91 Å². The van der Waals surface area contributed by atoms with Crippen LogP contribution < -0.4 is 5.32 Å². The van der Waals surface area contributed by atoms with Gasteiger partial charge in [0.05, 0.1) is 12.6 Å². The highest BCUT2D eigenvalue weighted by Crippen LogP contribution is 2.19. The third-order valence-corrected chi connectivity index (χ3v) is 4.92. The Morgan fingerprint density at radius 1 is 1.43 bits per heavy atom. The van der Waals surface area contributed by atoms with E-state index in [4.69, 9.17) is 0 Å². The average molecular weight is 314 g/mol. The smallest absolute Gasteiger partial charge is 0.238 e. The predicted octanol–water partition coefficient (Wildman–Crippen LogP) is 0.204. The average Bonchev–Trinajstić information content (AvgIpc) is 2.95. The maximum absolute atomic E-state index is 12.2. The molecule has 2 rings (SSSR count). The van der Waals surface area contributed by atoms with Gasteiger partial charge in [-0.3, -0.25) is 4.79 Å². The molecule has 0 spiro atoms. The molecule has 0 saturated carbocycles.